The molecule has 0 saturated heterocycles. The largest absolute Gasteiger partial charge is 0.496 e. The molecule has 2 N–H and O–H groups in total. The third-order valence-corrected chi connectivity index (χ3v) is 2.54. The molecule has 0 aliphatic rings. The summed E-state index contributed by atoms with van der Waals surface area (Å²) < 4.78 is 5.32. The molecule has 0 unspecified atom stereocenters. The fourth-order valence-electron chi connectivity index (χ4n) is 1.77. The maximum Gasteiger partial charge on any atom is 0.122 e. The topological polar surface area (TPSA) is 35.2 Å². The summed E-state index contributed by atoms with van der Waals surface area (Å²) >= 11 is 0. The van der Waals surface area contributed by atoms with Crippen LogP contribution in [0.15, 0.2) is 48.5 Å². The van der Waals surface area contributed by atoms with E-state index in [0.29, 0.717) is 0 Å². The molecule has 0 saturated carbocycles. The van der Waals surface area contributed by atoms with E-state index in [4.69, 9.17) is 10.5 Å². The molecule has 0 fully saturated rings. The summed E-state index contributed by atoms with van der Waals surface area (Å²) in [6.07, 6.45) is 0.842. The molecule has 82 valence electrons. The summed E-state index contributed by atoms with van der Waals surface area (Å²) in [5.41, 5.74) is 8.93. The van der Waals surface area contributed by atoms with E-state index in [0.717, 1.165) is 17.9 Å². The monoisotopic (exact) mass is 213 g/mol. The van der Waals surface area contributed by atoms with Crippen molar-refractivity contribution in [1.29, 1.82) is 0 Å². The van der Waals surface area contributed by atoms with Gasteiger partial charge in [-0.05, 0) is 29.3 Å². The molecule has 0 bridgehead atoms. The van der Waals surface area contributed by atoms with Gasteiger partial charge >= 0.3 is 0 Å². The molecule has 0 spiro atoms. The second-order valence-electron chi connectivity index (χ2n) is 3.73. The van der Waals surface area contributed by atoms with Crippen molar-refractivity contribution in [3.8, 4) is 5.75 Å². The summed E-state index contributed by atoms with van der Waals surface area (Å²) in [4.78, 5) is 0. The number of anilines is 1. The Kier molecular flexibility index (Phi) is 3.10. The van der Waals surface area contributed by atoms with Crippen molar-refractivity contribution in [2.24, 2.45) is 0 Å². The number of para-hydroxylation sites is 1. The van der Waals surface area contributed by atoms with Crippen LogP contribution in [0.4, 0.5) is 5.69 Å². The summed E-state index contributed by atoms with van der Waals surface area (Å²) in [6.45, 7) is 0. The number of nitrogens with two attached hydrogens (primary N) is 1. The molecule has 2 aromatic carbocycles. The zero-order valence-corrected chi connectivity index (χ0v) is 9.31. The van der Waals surface area contributed by atoms with E-state index >= 15 is 0 Å². The molecule has 2 nitrogen and oxygen atoms in total. The summed E-state index contributed by atoms with van der Waals surface area (Å²) in [5.74, 6) is 0.921. The fraction of sp³-hybridized carbons (Fsp3) is 0.143. The van der Waals surface area contributed by atoms with Gasteiger partial charge in [-0.25, -0.2) is 0 Å². The van der Waals surface area contributed by atoms with Crippen LogP contribution in [0, 0.1) is 0 Å². The van der Waals surface area contributed by atoms with Crippen molar-refractivity contribution in [3.63, 3.8) is 0 Å². The van der Waals surface area contributed by atoms with Gasteiger partial charge in [-0.3, -0.25) is 0 Å². The van der Waals surface area contributed by atoms with Gasteiger partial charge in [0.2, 0.25) is 0 Å². The lowest BCUT2D eigenvalue weighted by Crippen LogP contribution is -1.94. The minimum absolute atomic E-state index is 0.799. The SMILES string of the molecule is COc1ccccc1Cc1cccc(N)c1. The van der Waals surface area contributed by atoms with Crippen LogP contribution in [-0.4, -0.2) is 7.11 Å². The first-order valence-electron chi connectivity index (χ1n) is 5.26. The van der Waals surface area contributed by atoms with E-state index in [1.165, 1.54) is 11.1 Å². The Labute approximate surface area is 95.7 Å². The lowest BCUT2D eigenvalue weighted by atomic mass is 10.0. The van der Waals surface area contributed by atoms with Gasteiger partial charge in [-0.15, -0.1) is 0 Å². The van der Waals surface area contributed by atoms with E-state index in [1.807, 2.05) is 36.4 Å². The second-order valence-corrected chi connectivity index (χ2v) is 3.73. The lowest BCUT2D eigenvalue weighted by molar-refractivity contribution is 0.410. The van der Waals surface area contributed by atoms with Gasteiger partial charge in [-0.1, -0.05) is 30.3 Å². The van der Waals surface area contributed by atoms with Crippen LogP contribution < -0.4 is 10.5 Å². The first-order valence-corrected chi connectivity index (χ1v) is 5.26. The van der Waals surface area contributed by atoms with Crippen molar-refractivity contribution in [2.75, 3.05) is 12.8 Å². The zero-order valence-electron chi connectivity index (χ0n) is 9.31. The fourth-order valence-corrected chi connectivity index (χ4v) is 1.77. The van der Waals surface area contributed by atoms with Crippen molar-refractivity contribution < 1.29 is 4.74 Å². The average molecular weight is 213 g/mol. The van der Waals surface area contributed by atoms with E-state index in [2.05, 4.69) is 12.1 Å². The Morgan fingerprint density at radius 2 is 1.88 bits per heavy atom. The Morgan fingerprint density at radius 1 is 1.06 bits per heavy atom. The number of methoxy groups -OCH3 is 1. The van der Waals surface area contributed by atoms with Crippen molar-refractivity contribution in [1.82, 2.24) is 0 Å². The lowest BCUT2D eigenvalue weighted by Gasteiger charge is -2.08. The second kappa shape index (κ2) is 4.71. The van der Waals surface area contributed by atoms with Gasteiger partial charge in [0.25, 0.3) is 0 Å². The smallest absolute Gasteiger partial charge is 0.122 e. The predicted molar refractivity (Wildman–Crippen MR) is 66.7 cm³/mol. The molecule has 16 heavy (non-hydrogen) atoms. The summed E-state index contributed by atoms with van der Waals surface area (Å²) in [7, 11) is 1.69. The minimum Gasteiger partial charge on any atom is -0.496 e. The van der Waals surface area contributed by atoms with Crippen molar-refractivity contribution >= 4 is 5.69 Å². The number of hydrogen-bond donors (Lipinski definition) is 1. The summed E-state index contributed by atoms with van der Waals surface area (Å²) in [5, 5.41) is 0. The molecule has 0 aliphatic carbocycles. The van der Waals surface area contributed by atoms with Crippen molar-refractivity contribution in [3.05, 3.63) is 59.7 Å². The quantitative estimate of drug-likeness (QED) is 0.796. The molecular weight excluding hydrogens is 198 g/mol. The highest BCUT2D eigenvalue weighted by molar-refractivity contribution is 5.44. The van der Waals surface area contributed by atoms with E-state index in [9.17, 15) is 0 Å². The van der Waals surface area contributed by atoms with Crippen molar-refractivity contribution in [2.45, 2.75) is 6.42 Å². The van der Waals surface area contributed by atoms with E-state index < -0.39 is 0 Å². The molecule has 2 aromatic rings. The minimum atomic E-state index is 0.799. The normalized spacial score (nSPS) is 10.1. The summed E-state index contributed by atoms with van der Waals surface area (Å²) in [6, 6.07) is 16.0. The van der Waals surface area contributed by atoms with Gasteiger partial charge in [-0.2, -0.15) is 0 Å². The van der Waals surface area contributed by atoms with Crippen LogP contribution >= 0.6 is 0 Å². The van der Waals surface area contributed by atoms with E-state index in [-0.39, 0.29) is 0 Å². The highest BCUT2D eigenvalue weighted by Gasteiger charge is 2.02. The highest BCUT2D eigenvalue weighted by Crippen LogP contribution is 2.21. The van der Waals surface area contributed by atoms with Gasteiger partial charge < -0.3 is 10.5 Å². The molecule has 0 heterocycles. The molecule has 2 rings (SSSR count). The number of rotatable bonds is 3. The molecule has 0 radical (unpaired) electrons. The molecule has 0 aliphatic heterocycles. The predicted octanol–water partition coefficient (Wildman–Crippen LogP) is 2.87. The van der Waals surface area contributed by atoms with Gasteiger partial charge in [0.15, 0.2) is 0 Å². The Hall–Kier alpha value is -1.96. The van der Waals surface area contributed by atoms with Crippen LogP contribution in [0.2, 0.25) is 0 Å². The van der Waals surface area contributed by atoms with Gasteiger partial charge in [0.1, 0.15) is 5.75 Å². The van der Waals surface area contributed by atoms with Crippen LogP contribution in [0.25, 0.3) is 0 Å². The first kappa shape index (κ1) is 10.6. The zero-order chi connectivity index (χ0) is 11.4. The molecule has 0 atom stereocenters. The first-order chi connectivity index (χ1) is 7.79. The Bertz CT molecular complexity index is 480. The van der Waals surface area contributed by atoms with Crippen LogP contribution in [0.1, 0.15) is 11.1 Å². The number of nitrogen functional groups attached to an aromatic ring is 1. The molecule has 0 aromatic heterocycles. The molecule has 2 heteroatoms. The maximum absolute atomic E-state index is 5.75. The highest BCUT2D eigenvalue weighted by atomic mass is 16.5. The molecular formula is C14H15NO. The van der Waals surface area contributed by atoms with Gasteiger partial charge in [0, 0.05) is 12.1 Å². The number of benzene rings is 2. The standard InChI is InChI=1S/C14H15NO/c1-16-14-8-3-2-6-12(14)9-11-5-4-7-13(15)10-11/h2-8,10H,9,15H2,1H3. The average Bonchev–Trinajstić information content (AvgIpc) is 2.30. The van der Waals surface area contributed by atoms with Gasteiger partial charge in [0.05, 0.1) is 7.11 Å². The number of ether oxygens (including phenoxy) is 1. The number of hydrogen-bond acceptors (Lipinski definition) is 2. The third kappa shape index (κ3) is 2.34. The Balaban J connectivity index is 2.26. The Morgan fingerprint density at radius 3 is 2.62 bits per heavy atom. The van der Waals surface area contributed by atoms with Crippen LogP contribution in [-0.2, 0) is 6.42 Å². The third-order valence-electron chi connectivity index (χ3n) is 2.54. The molecule has 0 amide bonds. The maximum atomic E-state index is 5.75. The van der Waals surface area contributed by atoms with Crippen LogP contribution in [0.3, 0.4) is 0 Å². The van der Waals surface area contributed by atoms with Crippen LogP contribution in [0.5, 0.6) is 5.75 Å². The van der Waals surface area contributed by atoms with E-state index in [1.54, 1.807) is 7.11 Å².